The van der Waals surface area contributed by atoms with Crippen molar-refractivity contribution in [2.45, 2.75) is 6.17 Å². The van der Waals surface area contributed by atoms with Crippen LogP contribution in [0, 0.1) is 0 Å². The maximum atomic E-state index is 12.9. The fraction of sp³-hybridized carbons (Fsp3) is 0.105. The quantitative estimate of drug-likeness (QED) is 0.714. The maximum Gasteiger partial charge on any atom is 0.276 e. The normalized spacial score (nSPS) is 18.0. The van der Waals surface area contributed by atoms with E-state index in [9.17, 15) is 9.90 Å². The monoisotopic (exact) mass is 442 g/mol. The number of thioether (sulfide) groups is 1. The summed E-state index contributed by atoms with van der Waals surface area (Å²) >= 11 is 4.74. The summed E-state index contributed by atoms with van der Waals surface area (Å²) < 4.78 is 0.558. The second-order valence-electron chi connectivity index (χ2n) is 5.88. The lowest BCUT2D eigenvalue weighted by Crippen LogP contribution is -2.50. The van der Waals surface area contributed by atoms with E-state index in [1.165, 1.54) is 11.8 Å². The minimum Gasteiger partial charge on any atom is -0.507 e. The van der Waals surface area contributed by atoms with Crippen LogP contribution in [-0.4, -0.2) is 26.9 Å². The molecule has 2 N–H and O–H groups in total. The standard InChI is InChI=1S/C19H15BrN4O2S/c1-2-9-27-19-22-18(26)16-12-5-3-4-6-14(12)21-17(24(16)23-19)11-7-8-15(25)13(20)10-11/h2-8,10,17,25H,1,9H2,(H,22,23,26). The molecule has 2 aliphatic heterocycles. The molecular weight excluding hydrogens is 428 g/mol. The first-order chi connectivity index (χ1) is 13.1. The number of phenolic OH excluding ortho intramolecular Hbond substituents is 1. The van der Waals surface area contributed by atoms with Crippen LogP contribution in [0.25, 0.3) is 5.70 Å². The lowest BCUT2D eigenvalue weighted by Gasteiger charge is -2.34. The van der Waals surface area contributed by atoms with Gasteiger partial charge < -0.3 is 5.11 Å². The van der Waals surface area contributed by atoms with Crippen molar-refractivity contribution >= 4 is 44.5 Å². The number of hydrazone groups is 1. The zero-order valence-electron chi connectivity index (χ0n) is 14.1. The van der Waals surface area contributed by atoms with Gasteiger partial charge in [-0.25, -0.2) is 5.01 Å². The van der Waals surface area contributed by atoms with Crippen LogP contribution in [0.1, 0.15) is 11.7 Å². The van der Waals surface area contributed by atoms with Gasteiger partial charge in [-0.05, 0) is 39.7 Å². The van der Waals surface area contributed by atoms with Crippen molar-refractivity contribution in [2.75, 3.05) is 5.75 Å². The molecule has 27 heavy (non-hydrogen) atoms. The summed E-state index contributed by atoms with van der Waals surface area (Å²) in [7, 11) is 0. The number of nitrogens with one attached hydrogen (secondary N) is 1. The van der Waals surface area contributed by atoms with Crippen LogP contribution in [0.4, 0.5) is 0 Å². The Labute approximate surface area is 168 Å². The van der Waals surface area contributed by atoms with Crippen molar-refractivity contribution in [1.82, 2.24) is 10.3 Å². The highest BCUT2D eigenvalue weighted by Crippen LogP contribution is 2.34. The van der Waals surface area contributed by atoms with Crippen LogP contribution < -0.4 is 15.9 Å². The predicted octanol–water partition coefficient (Wildman–Crippen LogP) is 2.22. The topological polar surface area (TPSA) is 77.3 Å². The first kappa shape index (κ1) is 17.8. The molecule has 0 radical (unpaired) electrons. The van der Waals surface area contributed by atoms with Crippen LogP contribution in [0.3, 0.4) is 0 Å². The van der Waals surface area contributed by atoms with Gasteiger partial charge >= 0.3 is 0 Å². The number of aromatic hydroxyl groups is 1. The van der Waals surface area contributed by atoms with Gasteiger partial charge in [0.15, 0.2) is 11.3 Å². The number of nitrogens with zero attached hydrogens (tertiary/aromatic N) is 3. The van der Waals surface area contributed by atoms with Crippen LogP contribution in [0.15, 0.2) is 69.7 Å². The molecule has 4 rings (SSSR count). The summed E-state index contributed by atoms with van der Waals surface area (Å²) in [5.74, 6) is 0.550. The average Bonchev–Trinajstić information content (AvgIpc) is 2.67. The number of amides is 1. The third kappa shape index (κ3) is 3.26. The number of carbonyl (C=O) groups is 1. The van der Waals surface area contributed by atoms with Gasteiger partial charge in [0, 0.05) is 11.0 Å². The summed E-state index contributed by atoms with van der Waals surface area (Å²) in [4.78, 5) is 17.7. The molecule has 2 aromatic rings. The minimum atomic E-state index is -0.516. The van der Waals surface area contributed by atoms with Crippen molar-refractivity contribution in [3.8, 4) is 5.75 Å². The highest BCUT2D eigenvalue weighted by molar-refractivity contribution is 9.10. The Morgan fingerprint density at radius 2 is 2.15 bits per heavy atom. The van der Waals surface area contributed by atoms with E-state index in [1.54, 1.807) is 29.3 Å². The van der Waals surface area contributed by atoms with E-state index in [0.717, 1.165) is 16.1 Å². The van der Waals surface area contributed by atoms with Gasteiger partial charge in [0.1, 0.15) is 11.4 Å². The average molecular weight is 443 g/mol. The Hall–Kier alpha value is -2.58. The highest BCUT2D eigenvalue weighted by Gasteiger charge is 2.34. The zero-order chi connectivity index (χ0) is 19.0. The smallest absolute Gasteiger partial charge is 0.276 e. The van der Waals surface area contributed by atoms with Gasteiger partial charge in [0.25, 0.3) is 5.91 Å². The fourth-order valence-corrected chi connectivity index (χ4v) is 3.91. The Morgan fingerprint density at radius 1 is 1.33 bits per heavy atom. The minimum absolute atomic E-state index is 0.140. The molecule has 0 spiro atoms. The van der Waals surface area contributed by atoms with E-state index in [1.807, 2.05) is 24.3 Å². The molecule has 2 heterocycles. The molecule has 0 aromatic heterocycles. The van der Waals surface area contributed by atoms with Crippen molar-refractivity contribution in [3.63, 3.8) is 0 Å². The molecule has 0 aliphatic carbocycles. The third-order valence-electron chi connectivity index (χ3n) is 4.12. The van der Waals surface area contributed by atoms with E-state index in [-0.39, 0.29) is 11.7 Å². The van der Waals surface area contributed by atoms with Crippen LogP contribution >= 0.6 is 27.7 Å². The van der Waals surface area contributed by atoms with Crippen molar-refractivity contribution in [2.24, 2.45) is 10.1 Å². The van der Waals surface area contributed by atoms with Crippen molar-refractivity contribution in [3.05, 3.63) is 75.7 Å². The zero-order valence-corrected chi connectivity index (χ0v) is 16.5. The summed E-state index contributed by atoms with van der Waals surface area (Å²) in [5, 5.41) is 20.9. The van der Waals surface area contributed by atoms with E-state index >= 15 is 0 Å². The van der Waals surface area contributed by atoms with Crippen molar-refractivity contribution < 1.29 is 9.90 Å². The molecule has 1 atom stereocenters. The molecule has 1 unspecified atom stereocenters. The van der Waals surface area contributed by atoms with Crippen LogP contribution in [0.5, 0.6) is 5.75 Å². The van der Waals surface area contributed by atoms with Gasteiger partial charge in [0.05, 0.1) is 9.83 Å². The number of halogens is 1. The van der Waals surface area contributed by atoms with E-state index < -0.39 is 6.17 Å². The maximum absolute atomic E-state index is 12.9. The second-order valence-corrected chi connectivity index (χ2v) is 7.75. The molecule has 8 heteroatoms. The van der Waals surface area contributed by atoms with Gasteiger partial charge in [-0.2, -0.15) is 0 Å². The SMILES string of the molecule is C=CCSC1=NN2C(=c3ccccc3=NC2c2ccc(O)c(Br)c2)C(=O)N1. The summed E-state index contributed by atoms with van der Waals surface area (Å²) in [6, 6.07) is 12.7. The van der Waals surface area contributed by atoms with Gasteiger partial charge in [0.2, 0.25) is 0 Å². The number of amidine groups is 1. The molecule has 0 saturated carbocycles. The summed E-state index contributed by atoms with van der Waals surface area (Å²) in [6.07, 6.45) is 1.24. The molecule has 6 nitrogen and oxygen atoms in total. The molecule has 2 aromatic carbocycles. The third-order valence-corrected chi connectivity index (χ3v) is 5.62. The summed E-state index contributed by atoms with van der Waals surface area (Å²) in [5.41, 5.74) is 1.26. The number of benzene rings is 2. The molecule has 2 aliphatic rings. The van der Waals surface area contributed by atoms with Crippen molar-refractivity contribution in [1.29, 1.82) is 0 Å². The summed E-state index contributed by atoms with van der Waals surface area (Å²) in [6.45, 7) is 3.70. The Morgan fingerprint density at radius 3 is 2.93 bits per heavy atom. The van der Waals surface area contributed by atoms with Crippen LogP contribution in [0.2, 0.25) is 0 Å². The lowest BCUT2D eigenvalue weighted by atomic mass is 10.1. The molecule has 0 bridgehead atoms. The second kappa shape index (κ2) is 7.21. The van der Waals surface area contributed by atoms with E-state index in [2.05, 4.69) is 32.9 Å². The number of carbonyl (C=O) groups excluding carboxylic acids is 1. The number of rotatable bonds is 3. The molecule has 0 fully saturated rings. The Bertz CT molecular complexity index is 1100. The molecule has 0 saturated heterocycles. The largest absolute Gasteiger partial charge is 0.507 e. The first-order valence-electron chi connectivity index (χ1n) is 8.17. The van der Waals surface area contributed by atoms with Gasteiger partial charge in [-0.15, -0.1) is 11.7 Å². The molecular formula is C19H15BrN4O2S. The number of fused-ring (bicyclic) bond motifs is 2. The van der Waals surface area contributed by atoms with Gasteiger partial charge in [-0.1, -0.05) is 42.1 Å². The van der Waals surface area contributed by atoms with E-state index in [0.29, 0.717) is 21.1 Å². The predicted molar refractivity (Wildman–Crippen MR) is 109 cm³/mol. The first-order valence-corrected chi connectivity index (χ1v) is 9.95. The molecule has 1 amide bonds. The number of para-hydroxylation sites is 1. The highest BCUT2D eigenvalue weighted by atomic mass is 79.9. The Kier molecular flexibility index (Phi) is 4.75. The van der Waals surface area contributed by atoms with Gasteiger partial charge in [-0.3, -0.25) is 15.1 Å². The Balaban J connectivity index is 1.91. The lowest BCUT2D eigenvalue weighted by molar-refractivity contribution is -0.116. The van der Waals surface area contributed by atoms with Crippen LogP contribution in [-0.2, 0) is 4.79 Å². The number of hydrogen-bond acceptors (Lipinski definition) is 6. The number of phenols is 1. The molecule has 136 valence electrons. The number of hydrogen-bond donors (Lipinski definition) is 2. The van der Waals surface area contributed by atoms with E-state index in [4.69, 9.17) is 4.99 Å². The fourth-order valence-electron chi connectivity index (χ4n) is 2.93.